The molecule has 2 N–H and O–H groups in total. The minimum Gasteiger partial charge on any atom is -0.334 e. The van der Waals surface area contributed by atoms with Crippen LogP contribution >= 0.6 is 0 Å². The van der Waals surface area contributed by atoms with Crippen LogP contribution in [0.3, 0.4) is 0 Å². The van der Waals surface area contributed by atoms with Crippen molar-refractivity contribution in [3.63, 3.8) is 0 Å². The highest BCUT2D eigenvalue weighted by Gasteiger charge is 2.50. The van der Waals surface area contributed by atoms with Gasteiger partial charge in [-0.15, -0.1) is 0 Å². The van der Waals surface area contributed by atoms with Crippen LogP contribution in [-0.4, -0.2) is 18.1 Å². The maximum absolute atomic E-state index is 12.9. The summed E-state index contributed by atoms with van der Waals surface area (Å²) >= 11 is 0. The van der Waals surface area contributed by atoms with Crippen molar-refractivity contribution in [1.82, 2.24) is 10.6 Å². The normalized spacial score (nSPS) is 30.0. The molecule has 1 heterocycles. The third-order valence-corrected chi connectivity index (χ3v) is 5.85. The average Bonchev–Trinajstić information content (AvgIpc) is 2.95. The summed E-state index contributed by atoms with van der Waals surface area (Å²) in [6.07, 6.45) is 2.06. The second kappa shape index (κ2) is 5.34. The molecule has 2 fully saturated rings. The largest absolute Gasteiger partial charge is 0.334 e. The second-order valence-electron chi connectivity index (χ2n) is 7.05. The molecular formula is C20H19N3O2. The van der Waals surface area contributed by atoms with Gasteiger partial charge in [-0.25, -0.2) is 14.5 Å². The number of benzene rings is 2. The number of fused-ring (bicyclic) bond motifs is 3. The molecule has 0 spiro atoms. The molecule has 126 valence electrons. The van der Waals surface area contributed by atoms with E-state index in [9.17, 15) is 9.59 Å². The van der Waals surface area contributed by atoms with Gasteiger partial charge in [0, 0.05) is 17.9 Å². The Labute approximate surface area is 146 Å². The lowest BCUT2D eigenvalue weighted by Crippen LogP contribution is -2.60. The molecule has 2 aliphatic carbocycles. The van der Waals surface area contributed by atoms with Crippen LogP contribution in [0.1, 0.15) is 35.9 Å². The van der Waals surface area contributed by atoms with Gasteiger partial charge >= 0.3 is 12.1 Å². The fraction of sp³-hybridized carbons (Fsp3) is 0.300. The van der Waals surface area contributed by atoms with E-state index in [2.05, 4.69) is 22.8 Å². The van der Waals surface area contributed by atoms with Gasteiger partial charge in [-0.3, -0.25) is 0 Å². The first-order chi connectivity index (χ1) is 12.2. The Kier molecular flexibility index (Phi) is 3.10. The van der Waals surface area contributed by atoms with E-state index in [1.165, 1.54) is 16.0 Å². The number of carbonyl (C=O) groups excluding carboxylic acids is 2. The number of hydrogen-bond donors (Lipinski definition) is 2. The van der Waals surface area contributed by atoms with Crippen LogP contribution in [0.15, 0.2) is 54.6 Å². The summed E-state index contributed by atoms with van der Waals surface area (Å²) in [5.41, 5.74) is 3.04. The summed E-state index contributed by atoms with van der Waals surface area (Å²) in [4.78, 5) is 27.0. The Morgan fingerprint density at radius 3 is 2.28 bits per heavy atom. The maximum Gasteiger partial charge on any atom is 0.330 e. The number of amides is 4. The molecule has 4 atom stereocenters. The van der Waals surface area contributed by atoms with Crippen molar-refractivity contribution in [1.29, 1.82) is 0 Å². The van der Waals surface area contributed by atoms with E-state index in [0.717, 1.165) is 12.8 Å². The number of carbonyl (C=O) groups is 2. The number of urea groups is 2. The highest BCUT2D eigenvalue weighted by molar-refractivity contribution is 6.14. The monoisotopic (exact) mass is 333 g/mol. The molecule has 0 aromatic heterocycles. The fourth-order valence-corrected chi connectivity index (χ4v) is 4.82. The van der Waals surface area contributed by atoms with Gasteiger partial charge in [0.2, 0.25) is 0 Å². The van der Waals surface area contributed by atoms with Crippen molar-refractivity contribution in [3.8, 4) is 0 Å². The van der Waals surface area contributed by atoms with Crippen LogP contribution < -0.4 is 15.5 Å². The Hall–Kier alpha value is -2.82. The van der Waals surface area contributed by atoms with Crippen molar-refractivity contribution in [2.75, 3.05) is 4.90 Å². The van der Waals surface area contributed by atoms with Crippen LogP contribution in [0.4, 0.5) is 15.3 Å². The highest BCUT2D eigenvalue weighted by Crippen LogP contribution is 2.51. The van der Waals surface area contributed by atoms with E-state index < -0.39 is 0 Å². The van der Waals surface area contributed by atoms with Crippen LogP contribution in [0.2, 0.25) is 0 Å². The Morgan fingerprint density at radius 1 is 0.800 bits per heavy atom. The van der Waals surface area contributed by atoms with Crippen LogP contribution in [0, 0.1) is 5.92 Å². The van der Waals surface area contributed by atoms with E-state index in [4.69, 9.17) is 0 Å². The van der Waals surface area contributed by atoms with Gasteiger partial charge < -0.3 is 10.6 Å². The van der Waals surface area contributed by atoms with Crippen molar-refractivity contribution >= 4 is 17.7 Å². The van der Waals surface area contributed by atoms with E-state index in [1.54, 1.807) is 12.1 Å². The summed E-state index contributed by atoms with van der Waals surface area (Å²) in [6.45, 7) is 0. The molecule has 1 saturated heterocycles. The summed E-state index contributed by atoms with van der Waals surface area (Å²) in [5.74, 6) is 0.583. The quantitative estimate of drug-likeness (QED) is 0.838. The topological polar surface area (TPSA) is 61.4 Å². The van der Waals surface area contributed by atoms with Gasteiger partial charge in [-0.1, -0.05) is 42.5 Å². The molecule has 2 aromatic carbocycles. The predicted octanol–water partition coefficient (Wildman–Crippen LogP) is 3.54. The zero-order valence-corrected chi connectivity index (χ0v) is 13.7. The Balaban J connectivity index is 1.60. The molecule has 2 aromatic rings. The minimum absolute atomic E-state index is 0.0562. The minimum atomic E-state index is -0.368. The van der Waals surface area contributed by atoms with Gasteiger partial charge in [0.05, 0.1) is 11.7 Å². The van der Waals surface area contributed by atoms with Crippen molar-refractivity contribution in [2.45, 2.75) is 30.8 Å². The smallest absolute Gasteiger partial charge is 0.330 e. The van der Waals surface area contributed by atoms with Crippen molar-refractivity contribution in [2.24, 2.45) is 5.92 Å². The first kappa shape index (κ1) is 14.5. The number of nitrogens with one attached hydrogen (secondary N) is 2. The summed E-state index contributed by atoms with van der Waals surface area (Å²) in [5, 5.41) is 6.30. The molecule has 25 heavy (non-hydrogen) atoms. The molecule has 1 aliphatic heterocycles. The van der Waals surface area contributed by atoms with Gasteiger partial charge in [0.1, 0.15) is 0 Å². The van der Waals surface area contributed by atoms with Gasteiger partial charge in [0.25, 0.3) is 0 Å². The van der Waals surface area contributed by atoms with E-state index in [1.807, 2.05) is 30.3 Å². The second-order valence-corrected chi connectivity index (χ2v) is 7.05. The predicted molar refractivity (Wildman–Crippen MR) is 94.4 cm³/mol. The molecule has 1 saturated carbocycles. The molecule has 3 aliphatic rings. The zero-order chi connectivity index (χ0) is 17.0. The fourth-order valence-electron chi connectivity index (χ4n) is 4.82. The molecule has 5 rings (SSSR count). The zero-order valence-electron chi connectivity index (χ0n) is 13.7. The molecule has 5 heteroatoms. The molecular weight excluding hydrogens is 314 g/mol. The van der Waals surface area contributed by atoms with Crippen LogP contribution in [0.5, 0.6) is 0 Å². The molecule has 4 bridgehead atoms. The molecule has 5 nitrogen and oxygen atoms in total. The third kappa shape index (κ3) is 2.08. The number of hydrogen-bond acceptors (Lipinski definition) is 2. The summed E-state index contributed by atoms with van der Waals surface area (Å²) in [7, 11) is 0. The number of para-hydroxylation sites is 1. The summed E-state index contributed by atoms with van der Waals surface area (Å²) < 4.78 is 0. The van der Waals surface area contributed by atoms with Crippen molar-refractivity contribution in [3.05, 3.63) is 65.7 Å². The molecule has 4 amide bonds. The summed E-state index contributed by atoms with van der Waals surface area (Å²) in [6, 6.07) is 16.7. The average molecular weight is 333 g/mol. The lowest BCUT2D eigenvalue weighted by molar-refractivity contribution is 0.206. The number of imide groups is 1. The van der Waals surface area contributed by atoms with Gasteiger partial charge in [-0.2, -0.15) is 0 Å². The lowest BCUT2D eigenvalue weighted by atomic mass is 9.75. The number of nitrogens with zero attached hydrogens (tertiary/aromatic N) is 1. The standard InChI is InChI=1S/C20H19N3O2/c24-19-21-17-14-9-5-4-8-13(14)15-10-11-16(17)18(15)22-20(25)23(19)12-6-2-1-3-7-12/h1-9,15-18H,10-11H2,(H,21,24)(H,22,25)/t15-,16+,17-,18-/m1/s1. The maximum atomic E-state index is 12.9. The van der Waals surface area contributed by atoms with Crippen molar-refractivity contribution < 1.29 is 9.59 Å². The first-order valence-electron chi connectivity index (χ1n) is 8.79. The first-order valence-corrected chi connectivity index (χ1v) is 8.79. The van der Waals surface area contributed by atoms with Gasteiger partial charge in [-0.05, 0) is 36.1 Å². The third-order valence-electron chi connectivity index (χ3n) is 5.85. The van der Waals surface area contributed by atoms with E-state index >= 15 is 0 Å². The SMILES string of the molecule is O=C1N[C@H]2[C@H]3CC[C@@H]2c2ccccc2[C@H]3NC(=O)N1c1ccccc1. The van der Waals surface area contributed by atoms with Crippen LogP contribution in [-0.2, 0) is 0 Å². The molecule has 0 unspecified atom stereocenters. The lowest BCUT2D eigenvalue weighted by Gasteiger charge is -2.42. The van der Waals surface area contributed by atoms with E-state index in [0.29, 0.717) is 11.6 Å². The van der Waals surface area contributed by atoms with E-state index in [-0.39, 0.29) is 30.1 Å². The number of anilines is 1. The Morgan fingerprint density at radius 2 is 1.48 bits per heavy atom. The van der Waals surface area contributed by atoms with Gasteiger partial charge in [0.15, 0.2) is 0 Å². The molecule has 0 radical (unpaired) electrons. The van der Waals surface area contributed by atoms with Crippen LogP contribution in [0.25, 0.3) is 0 Å². The Bertz CT molecular complexity index is 851. The highest BCUT2D eigenvalue weighted by atomic mass is 16.2. The number of rotatable bonds is 1.